The van der Waals surface area contributed by atoms with E-state index in [2.05, 4.69) is 21.2 Å². The molecule has 0 radical (unpaired) electrons. The Morgan fingerprint density at radius 1 is 1.44 bits per heavy atom. The first-order valence-electron chi connectivity index (χ1n) is 5.38. The van der Waals surface area contributed by atoms with Crippen molar-refractivity contribution in [2.45, 2.75) is 24.9 Å². The third-order valence-corrected chi connectivity index (χ3v) is 4.17. The number of nitrogens with one attached hydrogen (secondary N) is 1. The van der Waals surface area contributed by atoms with Gasteiger partial charge in [-0.2, -0.15) is 0 Å². The molecule has 0 bridgehead atoms. The Bertz CT molecular complexity index is 480. The molecular weight excluding hydrogens is 270 g/mol. The van der Waals surface area contributed by atoms with Crippen molar-refractivity contribution in [2.24, 2.45) is 0 Å². The van der Waals surface area contributed by atoms with Gasteiger partial charge in [-0.1, -0.05) is 15.9 Å². The van der Waals surface area contributed by atoms with E-state index >= 15 is 0 Å². The third kappa shape index (κ3) is 1.33. The molecule has 1 aromatic carbocycles. The third-order valence-electron chi connectivity index (χ3n) is 3.55. The summed E-state index contributed by atoms with van der Waals surface area (Å²) in [4.78, 5) is 11.8. The molecule has 0 atom stereocenters. The van der Waals surface area contributed by atoms with E-state index in [1.807, 2.05) is 6.07 Å². The first-order valence-corrected chi connectivity index (χ1v) is 6.17. The summed E-state index contributed by atoms with van der Waals surface area (Å²) in [6.45, 7) is 0.710. The molecular formula is C12H12BrNO2. The highest BCUT2D eigenvalue weighted by molar-refractivity contribution is 9.10. The smallest absolute Gasteiger partial charge is 0.251 e. The van der Waals surface area contributed by atoms with Crippen LogP contribution in [0, 0.1) is 0 Å². The number of halogens is 1. The maximum Gasteiger partial charge on any atom is 0.251 e. The number of rotatable bonds is 1. The lowest BCUT2D eigenvalue weighted by Crippen LogP contribution is -2.39. The number of carbonyl (C=O) groups excluding carboxylic acids is 1. The van der Waals surface area contributed by atoms with Crippen molar-refractivity contribution in [2.75, 3.05) is 6.54 Å². The van der Waals surface area contributed by atoms with Crippen LogP contribution in [-0.2, 0) is 12.0 Å². The maximum atomic E-state index is 11.8. The summed E-state index contributed by atoms with van der Waals surface area (Å²) in [6, 6.07) is 3.71. The molecule has 0 saturated heterocycles. The number of aliphatic hydroxyl groups excluding tert-OH is 1. The van der Waals surface area contributed by atoms with Gasteiger partial charge in [0, 0.05) is 22.0 Å². The molecule has 1 saturated carbocycles. The Labute approximate surface area is 102 Å². The van der Waals surface area contributed by atoms with Gasteiger partial charge in [0.15, 0.2) is 0 Å². The number of amides is 1. The van der Waals surface area contributed by atoms with E-state index in [0.717, 1.165) is 40.5 Å². The molecule has 1 amide bonds. The van der Waals surface area contributed by atoms with Gasteiger partial charge in [0.25, 0.3) is 5.91 Å². The fourth-order valence-electron chi connectivity index (χ4n) is 2.48. The number of hydrogen-bond donors (Lipinski definition) is 2. The van der Waals surface area contributed by atoms with Crippen LogP contribution in [0.1, 0.15) is 34.3 Å². The molecule has 1 spiro atoms. The van der Waals surface area contributed by atoms with E-state index in [1.54, 1.807) is 6.07 Å². The second kappa shape index (κ2) is 3.31. The predicted octanol–water partition coefficient (Wildman–Crippen LogP) is 1.72. The Morgan fingerprint density at radius 2 is 2.19 bits per heavy atom. The van der Waals surface area contributed by atoms with E-state index in [1.165, 1.54) is 0 Å². The number of fused-ring (bicyclic) bond motifs is 2. The van der Waals surface area contributed by atoms with Crippen LogP contribution in [0.2, 0.25) is 0 Å². The molecule has 16 heavy (non-hydrogen) atoms. The Balaban J connectivity index is 2.23. The van der Waals surface area contributed by atoms with E-state index in [0.29, 0.717) is 0 Å². The van der Waals surface area contributed by atoms with Gasteiger partial charge in [0.05, 0.1) is 6.61 Å². The highest BCUT2D eigenvalue weighted by Gasteiger charge is 2.50. The number of benzene rings is 1. The van der Waals surface area contributed by atoms with Crippen molar-refractivity contribution in [1.29, 1.82) is 0 Å². The molecule has 3 nitrogen and oxygen atoms in total. The molecule has 1 heterocycles. The van der Waals surface area contributed by atoms with Crippen LogP contribution in [0.4, 0.5) is 0 Å². The number of hydrogen-bond acceptors (Lipinski definition) is 2. The molecule has 0 unspecified atom stereocenters. The second-order valence-electron chi connectivity index (χ2n) is 4.62. The van der Waals surface area contributed by atoms with E-state index in [4.69, 9.17) is 5.11 Å². The largest absolute Gasteiger partial charge is 0.392 e. The molecule has 1 aromatic rings. The second-order valence-corrected chi connectivity index (χ2v) is 5.48. The highest BCUT2D eigenvalue weighted by Crippen LogP contribution is 2.53. The van der Waals surface area contributed by atoms with Gasteiger partial charge < -0.3 is 10.4 Å². The van der Waals surface area contributed by atoms with Gasteiger partial charge in [-0.05, 0) is 36.1 Å². The zero-order chi connectivity index (χ0) is 11.3. The van der Waals surface area contributed by atoms with Crippen LogP contribution in [0.15, 0.2) is 16.6 Å². The summed E-state index contributed by atoms with van der Waals surface area (Å²) in [5, 5.41) is 12.1. The van der Waals surface area contributed by atoms with Crippen molar-refractivity contribution in [1.82, 2.24) is 5.32 Å². The van der Waals surface area contributed by atoms with Crippen LogP contribution < -0.4 is 5.32 Å². The zero-order valence-corrected chi connectivity index (χ0v) is 10.3. The summed E-state index contributed by atoms with van der Waals surface area (Å²) in [7, 11) is 0. The van der Waals surface area contributed by atoms with E-state index < -0.39 is 0 Å². The van der Waals surface area contributed by atoms with Crippen LogP contribution in [0.3, 0.4) is 0 Å². The van der Waals surface area contributed by atoms with Crippen molar-refractivity contribution in [3.8, 4) is 0 Å². The molecule has 2 aliphatic rings. The summed E-state index contributed by atoms with van der Waals surface area (Å²) in [6.07, 6.45) is 2.27. The van der Waals surface area contributed by atoms with Crippen molar-refractivity contribution in [3.05, 3.63) is 33.3 Å². The average Bonchev–Trinajstić information content (AvgIpc) is 3.04. The van der Waals surface area contributed by atoms with Crippen LogP contribution in [0.25, 0.3) is 0 Å². The Hall–Kier alpha value is -0.870. The first-order chi connectivity index (χ1) is 7.66. The minimum Gasteiger partial charge on any atom is -0.392 e. The topological polar surface area (TPSA) is 49.3 Å². The predicted molar refractivity (Wildman–Crippen MR) is 63.3 cm³/mol. The minimum absolute atomic E-state index is 0.0245. The molecule has 1 aliphatic heterocycles. The van der Waals surface area contributed by atoms with Gasteiger partial charge in [-0.25, -0.2) is 0 Å². The lowest BCUT2D eigenvalue weighted by Gasteiger charge is -2.27. The fourth-order valence-corrected chi connectivity index (χ4v) is 3.41. The quantitative estimate of drug-likeness (QED) is 0.824. The Kier molecular flexibility index (Phi) is 2.13. The van der Waals surface area contributed by atoms with Crippen LogP contribution in [0.5, 0.6) is 0 Å². The molecule has 1 aliphatic carbocycles. The summed E-state index contributed by atoms with van der Waals surface area (Å²) < 4.78 is 0.960. The van der Waals surface area contributed by atoms with Crippen LogP contribution in [-0.4, -0.2) is 17.6 Å². The van der Waals surface area contributed by atoms with Crippen molar-refractivity contribution < 1.29 is 9.90 Å². The molecule has 4 heteroatoms. The normalized spacial score (nSPS) is 20.5. The standard InChI is InChI=1S/C12H12BrNO2/c13-9-4-7(5-15)3-8-10(9)12(1-2-12)6-14-11(8)16/h3-4,15H,1-2,5-6H2,(H,14,16). The fraction of sp³-hybridized carbons (Fsp3) is 0.417. The molecule has 3 rings (SSSR count). The highest BCUT2D eigenvalue weighted by atomic mass is 79.9. The van der Waals surface area contributed by atoms with Gasteiger partial charge in [0.2, 0.25) is 0 Å². The average molecular weight is 282 g/mol. The summed E-state index contributed by atoms with van der Waals surface area (Å²) in [5.74, 6) is -0.0245. The molecule has 2 N–H and O–H groups in total. The zero-order valence-electron chi connectivity index (χ0n) is 8.72. The lowest BCUT2D eigenvalue weighted by atomic mass is 9.86. The van der Waals surface area contributed by atoms with E-state index in [9.17, 15) is 4.79 Å². The first kappa shape index (κ1) is 10.3. The van der Waals surface area contributed by atoms with Gasteiger partial charge in [-0.15, -0.1) is 0 Å². The Morgan fingerprint density at radius 3 is 2.81 bits per heavy atom. The monoisotopic (exact) mass is 281 g/mol. The van der Waals surface area contributed by atoms with Crippen LogP contribution >= 0.6 is 15.9 Å². The molecule has 0 aromatic heterocycles. The van der Waals surface area contributed by atoms with Gasteiger partial charge in [-0.3, -0.25) is 4.79 Å². The van der Waals surface area contributed by atoms with Gasteiger partial charge in [0.1, 0.15) is 0 Å². The molecule has 84 valence electrons. The maximum absolute atomic E-state index is 11.8. The number of carbonyl (C=O) groups is 1. The lowest BCUT2D eigenvalue weighted by molar-refractivity contribution is 0.0937. The summed E-state index contributed by atoms with van der Waals surface area (Å²) in [5.41, 5.74) is 2.80. The number of aliphatic hydroxyl groups is 1. The minimum atomic E-state index is -0.0356. The van der Waals surface area contributed by atoms with Gasteiger partial charge >= 0.3 is 0 Å². The molecule has 1 fully saturated rings. The van der Waals surface area contributed by atoms with Crippen molar-refractivity contribution >= 4 is 21.8 Å². The van der Waals surface area contributed by atoms with E-state index in [-0.39, 0.29) is 17.9 Å². The van der Waals surface area contributed by atoms with Crippen molar-refractivity contribution in [3.63, 3.8) is 0 Å². The summed E-state index contributed by atoms with van der Waals surface area (Å²) >= 11 is 3.53. The SMILES string of the molecule is O=C1NCC2(CC2)c2c(Br)cc(CO)cc21.